The molecule has 1 atom stereocenters. The van der Waals surface area contributed by atoms with Gasteiger partial charge in [-0.1, -0.05) is 32.0 Å². The van der Waals surface area contributed by atoms with Gasteiger partial charge in [0.05, 0.1) is 13.2 Å². The topological polar surface area (TPSA) is 94.6 Å². The van der Waals surface area contributed by atoms with Gasteiger partial charge in [0, 0.05) is 5.56 Å². The van der Waals surface area contributed by atoms with Crippen LogP contribution in [0.3, 0.4) is 0 Å². The first-order valence-corrected chi connectivity index (χ1v) is 9.23. The predicted octanol–water partition coefficient (Wildman–Crippen LogP) is 3.86. The van der Waals surface area contributed by atoms with Crippen LogP contribution in [-0.4, -0.2) is 13.2 Å². The minimum Gasteiger partial charge on any atom is -0.440 e. The van der Waals surface area contributed by atoms with Crippen molar-refractivity contribution in [1.29, 1.82) is 5.26 Å². The number of rotatable bonds is 7. The van der Waals surface area contributed by atoms with Crippen molar-refractivity contribution < 1.29 is 18.3 Å². The number of hydrogen-bond donors (Lipinski definition) is 1. The van der Waals surface area contributed by atoms with Crippen LogP contribution < -0.4 is 10.5 Å². The van der Waals surface area contributed by atoms with Gasteiger partial charge in [0.25, 0.3) is 0 Å². The van der Waals surface area contributed by atoms with Crippen molar-refractivity contribution in [2.24, 2.45) is 5.73 Å². The molecule has 1 aliphatic rings. The second kappa shape index (κ2) is 7.65. The number of nitrogens with zero attached hydrogens (tertiary/aromatic N) is 1. The van der Waals surface area contributed by atoms with E-state index in [1.165, 1.54) is 0 Å². The molecule has 0 spiro atoms. The molecule has 23 heavy (non-hydrogen) atoms. The fourth-order valence-electron chi connectivity index (χ4n) is 2.33. The molecule has 1 aromatic rings. The van der Waals surface area contributed by atoms with E-state index >= 15 is 0 Å². The maximum Gasteiger partial charge on any atom is 0.343 e. The summed E-state index contributed by atoms with van der Waals surface area (Å²) in [6.07, 6.45) is 1.37. The molecule has 0 amide bonds. The van der Waals surface area contributed by atoms with Crippen LogP contribution in [0.25, 0.3) is 0 Å². The van der Waals surface area contributed by atoms with Crippen LogP contribution in [0.5, 0.6) is 5.75 Å². The fraction of sp³-hybridized carbons (Fsp3) is 0.438. The summed E-state index contributed by atoms with van der Waals surface area (Å²) in [6, 6.07) is 9.04. The van der Waals surface area contributed by atoms with Crippen molar-refractivity contribution in [3.8, 4) is 11.8 Å². The molecule has 1 unspecified atom stereocenters. The SMILES string of the molecule is CCCOP(=O)(OCCC)C1C(C#N)=C(N)Oc2ccccc21. The zero-order valence-electron chi connectivity index (χ0n) is 13.3. The van der Waals surface area contributed by atoms with E-state index in [0.29, 0.717) is 24.2 Å². The Morgan fingerprint density at radius 2 is 1.87 bits per heavy atom. The largest absolute Gasteiger partial charge is 0.440 e. The molecule has 2 N–H and O–H groups in total. The normalized spacial score (nSPS) is 17.3. The molecule has 2 rings (SSSR count). The Kier molecular flexibility index (Phi) is 5.84. The van der Waals surface area contributed by atoms with Gasteiger partial charge in [-0.25, -0.2) is 0 Å². The highest BCUT2D eigenvalue weighted by Gasteiger charge is 2.45. The predicted molar refractivity (Wildman–Crippen MR) is 86.7 cm³/mol. The molecule has 1 aliphatic heterocycles. The number of ether oxygens (including phenoxy) is 1. The lowest BCUT2D eigenvalue weighted by Gasteiger charge is -2.31. The summed E-state index contributed by atoms with van der Waals surface area (Å²) in [4.78, 5) is 0. The molecule has 1 heterocycles. The van der Waals surface area contributed by atoms with Crippen molar-refractivity contribution in [3.63, 3.8) is 0 Å². The third-order valence-electron chi connectivity index (χ3n) is 3.36. The Labute approximate surface area is 136 Å². The third-order valence-corrected chi connectivity index (χ3v) is 5.61. The lowest BCUT2D eigenvalue weighted by molar-refractivity contribution is 0.198. The average Bonchev–Trinajstić information content (AvgIpc) is 2.57. The lowest BCUT2D eigenvalue weighted by Crippen LogP contribution is -2.22. The van der Waals surface area contributed by atoms with Gasteiger partial charge in [-0.05, 0) is 18.9 Å². The average molecular weight is 336 g/mol. The molecule has 124 valence electrons. The summed E-state index contributed by atoms with van der Waals surface area (Å²) >= 11 is 0. The Balaban J connectivity index is 2.54. The van der Waals surface area contributed by atoms with Crippen molar-refractivity contribution in [2.75, 3.05) is 13.2 Å². The van der Waals surface area contributed by atoms with Gasteiger partial charge in [0.15, 0.2) is 0 Å². The number of benzene rings is 1. The van der Waals surface area contributed by atoms with Crippen LogP contribution >= 0.6 is 7.60 Å². The van der Waals surface area contributed by atoms with Crippen molar-refractivity contribution in [1.82, 2.24) is 0 Å². The molecule has 0 aromatic heterocycles. The number of allylic oxidation sites excluding steroid dienone is 1. The van der Waals surface area contributed by atoms with E-state index in [9.17, 15) is 9.83 Å². The van der Waals surface area contributed by atoms with E-state index in [-0.39, 0.29) is 24.7 Å². The molecule has 0 aliphatic carbocycles. The first-order chi connectivity index (χ1) is 11.1. The van der Waals surface area contributed by atoms with Crippen LogP contribution in [0, 0.1) is 11.3 Å². The van der Waals surface area contributed by atoms with Gasteiger partial charge in [-0.15, -0.1) is 0 Å². The zero-order valence-corrected chi connectivity index (χ0v) is 14.2. The van der Waals surface area contributed by atoms with Crippen LogP contribution in [0.4, 0.5) is 0 Å². The molecule has 0 saturated heterocycles. The smallest absolute Gasteiger partial charge is 0.343 e. The van der Waals surface area contributed by atoms with Crippen molar-refractivity contribution in [3.05, 3.63) is 41.3 Å². The zero-order chi connectivity index (χ0) is 16.9. The Bertz CT molecular complexity index is 669. The summed E-state index contributed by atoms with van der Waals surface area (Å²) in [5.74, 6) is 0.408. The number of nitriles is 1. The van der Waals surface area contributed by atoms with Gasteiger partial charge in [-0.2, -0.15) is 5.26 Å². The Morgan fingerprint density at radius 3 is 2.43 bits per heavy atom. The number of nitrogens with two attached hydrogens (primary N) is 1. The van der Waals surface area contributed by atoms with Gasteiger partial charge < -0.3 is 19.5 Å². The molecule has 6 nitrogen and oxygen atoms in total. The summed E-state index contributed by atoms with van der Waals surface area (Å²) in [6.45, 7) is 4.38. The van der Waals surface area contributed by atoms with Gasteiger partial charge in [0.1, 0.15) is 23.1 Å². The highest BCUT2D eigenvalue weighted by molar-refractivity contribution is 7.54. The molecule has 7 heteroatoms. The minimum atomic E-state index is -3.61. The lowest BCUT2D eigenvalue weighted by atomic mass is 10.0. The number of hydrogen-bond acceptors (Lipinski definition) is 6. The van der Waals surface area contributed by atoms with Crippen LogP contribution in [0.2, 0.25) is 0 Å². The highest BCUT2D eigenvalue weighted by Crippen LogP contribution is 2.66. The maximum atomic E-state index is 13.4. The minimum absolute atomic E-state index is 0.0587. The fourth-order valence-corrected chi connectivity index (χ4v) is 4.63. The summed E-state index contributed by atoms with van der Waals surface area (Å²) in [5, 5.41) is 9.47. The quantitative estimate of drug-likeness (QED) is 0.760. The molecular weight excluding hydrogens is 315 g/mol. The van der Waals surface area contributed by atoms with Gasteiger partial charge >= 0.3 is 7.60 Å². The highest BCUT2D eigenvalue weighted by atomic mass is 31.2. The Hall–Kier alpha value is -1.80. The molecule has 1 aromatic carbocycles. The first-order valence-electron chi connectivity index (χ1n) is 7.62. The summed E-state index contributed by atoms with van der Waals surface area (Å²) in [7, 11) is -3.61. The monoisotopic (exact) mass is 336 g/mol. The second-order valence-electron chi connectivity index (χ2n) is 5.14. The molecule has 0 fully saturated rings. The second-order valence-corrected chi connectivity index (χ2v) is 7.25. The van der Waals surface area contributed by atoms with E-state index < -0.39 is 13.3 Å². The van der Waals surface area contributed by atoms with Crippen molar-refractivity contribution in [2.45, 2.75) is 32.3 Å². The van der Waals surface area contributed by atoms with E-state index in [0.717, 1.165) is 0 Å². The maximum absolute atomic E-state index is 13.4. The van der Waals surface area contributed by atoms with E-state index in [2.05, 4.69) is 0 Å². The van der Waals surface area contributed by atoms with Crippen LogP contribution in [-0.2, 0) is 13.6 Å². The molecular formula is C16H21N2O4P. The molecule has 0 bridgehead atoms. The third kappa shape index (κ3) is 3.59. The van der Waals surface area contributed by atoms with Gasteiger partial charge in [0.2, 0.25) is 5.88 Å². The van der Waals surface area contributed by atoms with Crippen LogP contribution in [0.1, 0.15) is 37.9 Å². The summed E-state index contributed by atoms with van der Waals surface area (Å²) in [5.41, 5.74) is 5.66. The molecule has 0 radical (unpaired) electrons. The number of fused-ring (bicyclic) bond motifs is 1. The van der Waals surface area contributed by atoms with E-state index in [1.54, 1.807) is 24.3 Å². The van der Waals surface area contributed by atoms with Gasteiger partial charge in [-0.3, -0.25) is 4.57 Å². The van der Waals surface area contributed by atoms with E-state index in [1.807, 2.05) is 19.9 Å². The Morgan fingerprint density at radius 1 is 1.26 bits per heavy atom. The van der Waals surface area contributed by atoms with Crippen LogP contribution in [0.15, 0.2) is 35.7 Å². The summed E-state index contributed by atoms with van der Waals surface area (Å²) < 4.78 is 30.1. The number of para-hydroxylation sites is 1. The molecule has 0 saturated carbocycles. The van der Waals surface area contributed by atoms with E-state index in [4.69, 9.17) is 19.5 Å². The van der Waals surface area contributed by atoms with Crippen molar-refractivity contribution >= 4 is 7.60 Å². The standard InChI is InChI=1S/C16H21N2O4P/c1-3-9-20-23(19,21-10-4-2)15-12-7-5-6-8-14(12)22-16(18)13(15)11-17/h5-8,15H,3-4,9-10,18H2,1-2H3. The first kappa shape index (κ1) is 17.6.